The molecule has 114 valence electrons. The van der Waals surface area contributed by atoms with Crippen LogP contribution in [-0.4, -0.2) is 21.8 Å². The first-order chi connectivity index (χ1) is 10.6. The van der Waals surface area contributed by atoms with Crippen LogP contribution in [0.4, 0.5) is 0 Å². The maximum absolute atomic E-state index is 12.1. The van der Waals surface area contributed by atoms with Gasteiger partial charge in [0.05, 0.1) is 11.3 Å². The fourth-order valence-corrected chi connectivity index (χ4v) is 2.02. The topological polar surface area (TPSA) is 81.9 Å². The van der Waals surface area contributed by atoms with E-state index in [-0.39, 0.29) is 17.1 Å². The normalized spacial score (nSPS) is 11.2. The van der Waals surface area contributed by atoms with Crippen LogP contribution in [0, 0.1) is 0 Å². The molecule has 1 amide bonds. The van der Waals surface area contributed by atoms with Gasteiger partial charge in [-0.15, -0.1) is 0 Å². The first-order valence-electron chi connectivity index (χ1n) is 7.06. The van der Waals surface area contributed by atoms with Crippen molar-refractivity contribution in [3.05, 3.63) is 59.7 Å². The molecule has 0 bridgehead atoms. The van der Waals surface area contributed by atoms with Gasteiger partial charge in [0.2, 0.25) is 0 Å². The molecule has 0 atom stereocenters. The van der Waals surface area contributed by atoms with Crippen LogP contribution in [0.25, 0.3) is 0 Å². The van der Waals surface area contributed by atoms with Crippen LogP contribution in [0.1, 0.15) is 35.7 Å². The number of carbonyl (C=O) groups excluding carboxylic acids is 1. The molecule has 2 aromatic carbocycles. The second kappa shape index (κ2) is 7.26. The molecule has 0 heterocycles. The summed E-state index contributed by atoms with van der Waals surface area (Å²) >= 11 is 0. The van der Waals surface area contributed by atoms with Crippen LogP contribution in [0.3, 0.4) is 0 Å². The van der Waals surface area contributed by atoms with Crippen molar-refractivity contribution >= 4 is 11.6 Å². The highest BCUT2D eigenvalue weighted by Crippen LogP contribution is 2.22. The lowest BCUT2D eigenvalue weighted by Crippen LogP contribution is -2.20. The van der Waals surface area contributed by atoms with E-state index >= 15 is 0 Å². The van der Waals surface area contributed by atoms with E-state index in [0.29, 0.717) is 0 Å². The van der Waals surface area contributed by atoms with Crippen LogP contribution in [0.2, 0.25) is 0 Å². The highest BCUT2D eigenvalue weighted by molar-refractivity contribution is 6.02. The summed E-state index contributed by atoms with van der Waals surface area (Å²) in [5, 5.41) is 23.1. The Labute approximate surface area is 128 Å². The lowest BCUT2D eigenvalue weighted by molar-refractivity contribution is 0.0952. The largest absolute Gasteiger partial charge is 0.508 e. The maximum Gasteiger partial charge on any atom is 0.275 e. The summed E-state index contributed by atoms with van der Waals surface area (Å²) in [6.45, 7) is 2.03. The van der Waals surface area contributed by atoms with Gasteiger partial charge in [-0.3, -0.25) is 4.79 Å². The van der Waals surface area contributed by atoms with Crippen LogP contribution in [-0.2, 0) is 0 Å². The standard InChI is InChI=1S/C17H18N2O3/c1-2-6-15(12-7-4-3-5-8-12)18-19-17(22)14-10-9-13(20)11-16(14)21/h3-5,7-11,20-21H,2,6H2,1H3,(H,19,22)/b18-15+. The van der Waals surface area contributed by atoms with Gasteiger partial charge in [-0.05, 0) is 24.1 Å². The molecule has 2 rings (SSSR count). The molecule has 22 heavy (non-hydrogen) atoms. The third-order valence-corrected chi connectivity index (χ3v) is 3.11. The van der Waals surface area contributed by atoms with Gasteiger partial charge in [0.15, 0.2) is 0 Å². The van der Waals surface area contributed by atoms with Gasteiger partial charge in [0, 0.05) is 6.07 Å². The van der Waals surface area contributed by atoms with Crippen molar-refractivity contribution in [2.24, 2.45) is 5.10 Å². The first-order valence-corrected chi connectivity index (χ1v) is 7.06. The Bertz CT molecular complexity index is 682. The number of nitrogens with zero attached hydrogens (tertiary/aromatic N) is 1. The number of benzene rings is 2. The van der Waals surface area contributed by atoms with Crippen molar-refractivity contribution in [3.63, 3.8) is 0 Å². The highest BCUT2D eigenvalue weighted by atomic mass is 16.3. The molecule has 3 N–H and O–H groups in total. The third kappa shape index (κ3) is 3.85. The predicted molar refractivity (Wildman–Crippen MR) is 85.1 cm³/mol. The lowest BCUT2D eigenvalue weighted by Gasteiger charge is -2.07. The van der Waals surface area contributed by atoms with Gasteiger partial charge in [-0.1, -0.05) is 43.7 Å². The number of rotatable bonds is 5. The van der Waals surface area contributed by atoms with Gasteiger partial charge in [-0.2, -0.15) is 5.10 Å². The molecule has 5 heteroatoms. The van der Waals surface area contributed by atoms with E-state index in [0.717, 1.165) is 30.2 Å². The molecule has 0 aliphatic heterocycles. The third-order valence-electron chi connectivity index (χ3n) is 3.11. The molecular weight excluding hydrogens is 280 g/mol. The van der Waals surface area contributed by atoms with Crippen LogP contribution < -0.4 is 5.43 Å². The molecule has 2 aromatic rings. The molecule has 0 aromatic heterocycles. The Morgan fingerprint density at radius 2 is 1.86 bits per heavy atom. The van der Waals surface area contributed by atoms with Gasteiger partial charge in [0.1, 0.15) is 11.5 Å². The average Bonchev–Trinajstić information content (AvgIpc) is 2.52. The minimum atomic E-state index is -0.526. The van der Waals surface area contributed by atoms with Crippen molar-refractivity contribution in [2.75, 3.05) is 0 Å². The monoisotopic (exact) mass is 298 g/mol. The molecule has 0 aliphatic carbocycles. The fraction of sp³-hybridized carbons (Fsp3) is 0.176. The number of nitrogens with one attached hydrogen (secondary N) is 1. The molecule has 0 unspecified atom stereocenters. The van der Waals surface area contributed by atoms with E-state index in [4.69, 9.17) is 0 Å². The summed E-state index contributed by atoms with van der Waals surface area (Å²) in [6.07, 6.45) is 1.62. The fourth-order valence-electron chi connectivity index (χ4n) is 2.02. The Balaban J connectivity index is 2.18. The molecule has 0 radical (unpaired) electrons. The SMILES string of the molecule is CCC/C(=N\NC(=O)c1ccc(O)cc1O)c1ccccc1. The zero-order chi connectivity index (χ0) is 15.9. The van der Waals surface area contributed by atoms with Crippen molar-refractivity contribution in [1.29, 1.82) is 0 Å². The number of phenolic OH excluding ortho intramolecular Hbond substituents is 2. The molecule has 0 saturated carbocycles. The van der Waals surface area contributed by atoms with E-state index in [1.807, 2.05) is 37.3 Å². The zero-order valence-electron chi connectivity index (χ0n) is 12.3. The molecule has 0 spiro atoms. The second-order valence-corrected chi connectivity index (χ2v) is 4.82. The van der Waals surface area contributed by atoms with E-state index < -0.39 is 5.91 Å². The quantitative estimate of drug-likeness (QED) is 0.586. The van der Waals surface area contributed by atoms with Crippen LogP contribution >= 0.6 is 0 Å². The zero-order valence-corrected chi connectivity index (χ0v) is 12.3. The summed E-state index contributed by atoms with van der Waals surface area (Å²) in [4.78, 5) is 12.1. The van der Waals surface area contributed by atoms with Crippen molar-refractivity contribution in [2.45, 2.75) is 19.8 Å². The molecule has 5 nitrogen and oxygen atoms in total. The molecule has 0 aliphatic rings. The number of phenols is 2. The average molecular weight is 298 g/mol. The van der Waals surface area contributed by atoms with Crippen LogP contribution in [0.15, 0.2) is 53.6 Å². The van der Waals surface area contributed by atoms with Crippen molar-refractivity contribution < 1.29 is 15.0 Å². The van der Waals surface area contributed by atoms with Gasteiger partial charge < -0.3 is 10.2 Å². The number of hydrazone groups is 1. The van der Waals surface area contributed by atoms with E-state index in [1.54, 1.807) is 0 Å². The summed E-state index contributed by atoms with van der Waals surface area (Å²) in [6, 6.07) is 13.4. The highest BCUT2D eigenvalue weighted by Gasteiger charge is 2.11. The first kappa shape index (κ1) is 15.6. The Hall–Kier alpha value is -2.82. The molecular formula is C17H18N2O3. The summed E-state index contributed by atoms with van der Waals surface area (Å²) < 4.78 is 0. The number of carbonyl (C=O) groups is 1. The van der Waals surface area contributed by atoms with Crippen molar-refractivity contribution in [3.8, 4) is 11.5 Å². The lowest BCUT2D eigenvalue weighted by atomic mass is 10.1. The smallest absolute Gasteiger partial charge is 0.275 e. The van der Waals surface area contributed by atoms with E-state index in [1.165, 1.54) is 12.1 Å². The molecule has 0 saturated heterocycles. The summed E-state index contributed by atoms with van der Waals surface area (Å²) in [7, 11) is 0. The van der Waals surface area contributed by atoms with E-state index in [2.05, 4.69) is 10.5 Å². The van der Waals surface area contributed by atoms with Gasteiger partial charge in [0.25, 0.3) is 5.91 Å². The van der Waals surface area contributed by atoms with Crippen molar-refractivity contribution in [1.82, 2.24) is 5.43 Å². The minimum absolute atomic E-state index is 0.0606. The number of hydrogen-bond acceptors (Lipinski definition) is 4. The number of amides is 1. The Morgan fingerprint density at radius 3 is 2.50 bits per heavy atom. The molecule has 0 fully saturated rings. The second-order valence-electron chi connectivity index (χ2n) is 4.82. The van der Waals surface area contributed by atoms with E-state index in [9.17, 15) is 15.0 Å². The Kier molecular flexibility index (Phi) is 5.14. The number of hydrogen-bond donors (Lipinski definition) is 3. The van der Waals surface area contributed by atoms with Gasteiger partial charge >= 0.3 is 0 Å². The maximum atomic E-state index is 12.1. The van der Waals surface area contributed by atoms with Crippen LogP contribution in [0.5, 0.6) is 11.5 Å². The Morgan fingerprint density at radius 1 is 1.14 bits per heavy atom. The predicted octanol–water partition coefficient (Wildman–Crippen LogP) is 3.03. The van der Waals surface area contributed by atoms with Gasteiger partial charge in [-0.25, -0.2) is 5.43 Å². The summed E-state index contributed by atoms with van der Waals surface area (Å²) in [5.41, 5.74) is 4.23. The summed E-state index contributed by atoms with van der Waals surface area (Å²) in [5.74, 6) is -0.917. The number of aromatic hydroxyl groups is 2. The minimum Gasteiger partial charge on any atom is -0.508 e.